The third-order valence-electron chi connectivity index (χ3n) is 3.70. The molecule has 2 rings (SSSR count). The molecule has 2 aromatic rings. The first-order valence-corrected chi connectivity index (χ1v) is 8.31. The molecule has 2 heterocycles. The molecule has 6 nitrogen and oxygen atoms in total. The van der Waals surface area contributed by atoms with Gasteiger partial charge in [0.1, 0.15) is 12.4 Å². The minimum Gasteiger partial charge on any atom is -0.465 e. The Balaban J connectivity index is 2.32. The predicted octanol–water partition coefficient (Wildman–Crippen LogP) is 3.05. The van der Waals surface area contributed by atoms with Gasteiger partial charge in [-0.05, 0) is 39.7 Å². The van der Waals surface area contributed by atoms with Gasteiger partial charge in [0.15, 0.2) is 0 Å². The molecule has 0 spiro atoms. The van der Waals surface area contributed by atoms with Gasteiger partial charge in [-0.15, -0.1) is 0 Å². The number of aryl methyl sites for hydroxylation is 3. The van der Waals surface area contributed by atoms with Crippen molar-refractivity contribution in [2.24, 2.45) is 0 Å². The van der Waals surface area contributed by atoms with E-state index in [-0.39, 0.29) is 12.5 Å². The number of esters is 1. The molecule has 0 aliphatic carbocycles. The summed E-state index contributed by atoms with van der Waals surface area (Å²) in [4.78, 5) is 20.8. The van der Waals surface area contributed by atoms with E-state index in [1.54, 1.807) is 6.92 Å². The molecule has 2 aromatic heterocycles. The lowest BCUT2D eigenvalue weighted by Gasteiger charge is -2.10. The van der Waals surface area contributed by atoms with Crippen LogP contribution in [0.3, 0.4) is 0 Å². The second kappa shape index (κ2) is 7.94. The van der Waals surface area contributed by atoms with Crippen molar-refractivity contribution in [1.82, 2.24) is 14.4 Å². The van der Waals surface area contributed by atoms with Gasteiger partial charge in [-0.3, -0.25) is 9.20 Å². The molecule has 0 atom stereocenters. The predicted molar refractivity (Wildman–Crippen MR) is 90.8 cm³/mol. The lowest BCUT2D eigenvalue weighted by molar-refractivity contribution is -0.140. The minimum atomic E-state index is -0.264. The number of hydrogen-bond acceptors (Lipinski definition) is 5. The summed E-state index contributed by atoms with van der Waals surface area (Å²) in [5.74, 6) is 1.27. The molecular weight excluding hydrogens is 292 g/mol. The van der Waals surface area contributed by atoms with Gasteiger partial charge >= 0.3 is 5.97 Å². The van der Waals surface area contributed by atoms with E-state index in [2.05, 4.69) is 22.2 Å². The molecule has 0 aromatic carbocycles. The average molecular weight is 318 g/mol. The van der Waals surface area contributed by atoms with E-state index in [4.69, 9.17) is 4.74 Å². The molecule has 0 bridgehead atoms. The Kier molecular flexibility index (Phi) is 5.96. The van der Waals surface area contributed by atoms with E-state index < -0.39 is 0 Å². The van der Waals surface area contributed by atoms with Crippen LogP contribution in [-0.4, -0.2) is 33.5 Å². The highest BCUT2D eigenvalue weighted by molar-refractivity contribution is 5.75. The molecule has 0 fully saturated rings. The SMILES string of the molecule is CCCCCc1nc2nc(C)cc(C)n2c1NCC(=O)OCC. The van der Waals surface area contributed by atoms with E-state index in [9.17, 15) is 4.79 Å². The fraction of sp³-hybridized carbons (Fsp3) is 0.588. The second-order valence-electron chi connectivity index (χ2n) is 5.70. The van der Waals surface area contributed by atoms with E-state index in [0.717, 1.165) is 48.6 Å². The molecule has 6 heteroatoms. The maximum atomic E-state index is 11.7. The summed E-state index contributed by atoms with van der Waals surface area (Å²) in [5.41, 5.74) is 2.95. The van der Waals surface area contributed by atoms with Crippen LogP contribution in [0.5, 0.6) is 0 Å². The number of carbonyl (C=O) groups is 1. The van der Waals surface area contributed by atoms with Crippen molar-refractivity contribution in [3.05, 3.63) is 23.1 Å². The summed E-state index contributed by atoms with van der Waals surface area (Å²) in [6.07, 6.45) is 4.28. The minimum absolute atomic E-state index is 0.135. The van der Waals surface area contributed by atoms with Crippen LogP contribution in [0.25, 0.3) is 5.78 Å². The topological polar surface area (TPSA) is 68.5 Å². The van der Waals surface area contributed by atoms with Gasteiger partial charge in [0.05, 0.1) is 12.3 Å². The van der Waals surface area contributed by atoms with Crippen LogP contribution < -0.4 is 5.32 Å². The highest BCUT2D eigenvalue weighted by Crippen LogP contribution is 2.22. The number of imidazole rings is 1. The van der Waals surface area contributed by atoms with E-state index in [1.165, 1.54) is 0 Å². The number of nitrogens with one attached hydrogen (secondary N) is 1. The molecule has 1 N–H and O–H groups in total. The monoisotopic (exact) mass is 318 g/mol. The first-order chi connectivity index (χ1) is 11.1. The van der Waals surface area contributed by atoms with Gasteiger partial charge in [0.25, 0.3) is 0 Å². The van der Waals surface area contributed by atoms with Gasteiger partial charge in [-0.2, -0.15) is 0 Å². The third kappa shape index (κ3) is 4.21. The molecule has 0 saturated carbocycles. The number of fused-ring (bicyclic) bond motifs is 1. The number of rotatable bonds is 8. The molecular formula is C17H26N4O2. The molecule has 126 valence electrons. The Bertz CT molecular complexity index is 679. The van der Waals surface area contributed by atoms with Crippen LogP contribution in [0.4, 0.5) is 5.82 Å². The molecule has 0 aliphatic rings. The average Bonchev–Trinajstić information content (AvgIpc) is 2.83. The van der Waals surface area contributed by atoms with Crippen molar-refractivity contribution in [2.75, 3.05) is 18.5 Å². The van der Waals surface area contributed by atoms with Gasteiger partial charge in [-0.25, -0.2) is 9.97 Å². The Morgan fingerprint density at radius 2 is 2.04 bits per heavy atom. The van der Waals surface area contributed by atoms with Crippen molar-refractivity contribution < 1.29 is 9.53 Å². The van der Waals surface area contributed by atoms with Crippen LogP contribution in [-0.2, 0) is 16.0 Å². The standard InChI is InChI=1S/C17H26N4O2/c1-5-7-8-9-14-16(18-11-15(22)23-6-2)21-13(4)10-12(3)19-17(21)20-14/h10,18H,5-9,11H2,1-4H3. The smallest absolute Gasteiger partial charge is 0.325 e. The van der Waals surface area contributed by atoms with Crippen molar-refractivity contribution in [2.45, 2.75) is 53.4 Å². The summed E-state index contributed by atoms with van der Waals surface area (Å²) in [6.45, 7) is 8.49. The molecule has 0 radical (unpaired) electrons. The van der Waals surface area contributed by atoms with Crippen LogP contribution in [0, 0.1) is 13.8 Å². The first kappa shape index (κ1) is 17.2. The van der Waals surface area contributed by atoms with E-state index in [1.807, 2.05) is 24.3 Å². The highest BCUT2D eigenvalue weighted by Gasteiger charge is 2.16. The lowest BCUT2D eigenvalue weighted by Crippen LogP contribution is -2.18. The molecule has 23 heavy (non-hydrogen) atoms. The summed E-state index contributed by atoms with van der Waals surface area (Å²) < 4.78 is 6.97. The Morgan fingerprint density at radius 3 is 2.74 bits per heavy atom. The number of unbranched alkanes of at least 4 members (excludes halogenated alkanes) is 2. The zero-order chi connectivity index (χ0) is 16.8. The van der Waals surface area contributed by atoms with Crippen LogP contribution >= 0.6 is 0 Å². The van der Waals surface area contributed by atoms with Gasteiger partial charge in [-0.1, -0.05) is 19.8 Å². The quantitative estimate of drug-likeness (QED) is 0.598. The molecule has 0 amide bonds. The second-order valence-corrected chi connectivity index (χ2v) is 5.70. The molecule has 0 saturated heterocycles. The number of aromatic nitrogens is 3. The summed E-state index contributed by atoms with van der Waals surface area (Å²) in [5, 5.41) is 3.19. The zero-order valence-electron chi connectivity index (χ0n) is 14.5. The number of carbonyl (C=O) groups excluding carboxylic acids is 1. The van der Waals surface area contributed by atoms with Crippen molar-refractivity contribution in [3.63, 3.8) is 0 Å². The van der Waals surface area contributed by atoms with Gasteiger partial charge in [0, 0.05) is 11.4 Å². The fourth-order valence-corrected chi connectivity index (χ4v) is 2.68. The lowest BCUT2D eigenvalue weighted by atomic mass is 10.1. The van der Waals surface area contributed by atoms with Crippen molar-refractivity contribution in [3.8, 4) is 0 Å². The van der Waals surface area contributed by atoms with Gasteiger partial charge < -0.3 is 10.1 Å². The summed E-state index contributed by atoms with van der Waals surface area (Å²) in [6, 6.07) is 2.01. The van der Waals surface area contributed by atoms with Crippen LogP contribution in [0.2, 0.25) is 0 Å². The Morgan fingerprint density at radius 1 is 1.26 bits per heavy atom. The van der Waals surface area contributed by atoms with E-state index >= 15 is 0 Å². The van der Waals surface area contributed by atoms with Crippen LogP contribution in [0.1, 0.15) is 50.2 Å². The van der Waals surface area contributed by atoms with Gasteiger partial charge in [0.2, 0.25) is 5.78 Å². The van der Waals surface area contributed by atoms with Crippen LogP contribution in [0.15, 0.2) is 6.07 Å². The number of hydrogen-bond donors (Lipinski definition) is 1. The third-order valence-corrected chi connectivity index (χ3v) is 3.70. The molecule has 0 unspecified atom stereocenters. The highest BCUT2D eigenvalue weighted by atomic mass is 16.5. The summed E-state index contributed by atoms with van der Waals surface area (Å²) in [7, 11) is 0. The van der Waals surface area contributed by atoms with E-state index in [0.29, 0.717) is 12.4 Å². The maximum Gasteiger partial charge on any atom is 0.325 e. The fourth-order valence-electron chi connectivity index (χ4n) is 2.68. The zero-order valence-corrected chi connectivity index (χ0v) is 14.5. The normalized spacial score (nSPS) is 11.0. The first-order valence-electron chi connectivity index (χ1n) is 8.31. The molecule has 0 aliphatic heterocycles. The number of nitrogens with zero attached hydrogens (tertiary/aromatic N) is 3. The number of anilines is 1. The maximum absolute atomic E-state index is 11.7. The Labute approximate surface area is 137 Å². The largest absolute Gasteiger partial charge is 0.465 e. The Hall–Kier alpha value is -2.11. The van der Waals surface area contributed by atoms with Crippen molar-refractivity contribution >= 4 is 17.6 Å². The number of ether oxygens (including phenoxy) is 1. The summed E-state index contributed by atoms with van der Waals surface area (Å²) >= 11 is 0. The van der Waals surface area contributed by atoms with Crippen molar-refractivity contribution in [1.29, 1.82) is 0 Å².